The molecule has 0 aromatic heterocycles. The Balaban J connectivity index is 1.76. The van der Waals surface area contributed by atoms with Crippen molar-refractivity contribution >= 4 is 49.0 Å². The highest BCUT2D eigenvalue weighted by atomic mass is 32.2. The van der Waals surface area contributed by atoms with Crippen LogP contribution in [0.15, 0.2) is 57.3 Å². The molecule has 13 heteroatoms. The minimum absolute atomic E-state index is 0.000366. The summed E-state index contributed by atoms with van der Waals surface area (Å²) in [5.74, 6) is -0.755. The third-order valence-electron chi connectivity index (χ3n) is 6.61. The molecule has 0 bridgehead atoms. The Hall–Kier alpha value is -3.26. The Kier molecular flexibility index (Phi) is 7.40. The van der Waals surface area contributed by atoms with Gasteiger partial charge in [0, 0.05) is 18.7 Å². The number of anilines is 2. The fourth-order valence-electron chi connectivity index (χ4n) is 4.57. The molecule has 0 radical (unpaired) electrons. The number of hydrogen-bond acceptors (Lipinski definition) is 8. The zero-order chi connectivity index (χ0) is 27.9. The highest BCUT2D eigenvalue weighted by Crippen LogP contribution is 2.44. The zero-order valence-corrected chi connectivity index (χ0v) is 22.9. The average molecular weight is 562 g/mol. The molecule has 11 nitrogen and oxygen atoms in total. The average Bonchev–Trinajstić information content (AvgIpc) is 2.85. The molecule has 0 saturated heterocycles. The lowest BCUT2D eigenvalue weighted by Gasteiger charge is -2.36. The second-order valence-electron chi connectivity index (χ2n) is 9.90. The van der Waals surface area contributed by atoms with Gasteiger partial charge in [-0.05, 0) is 49.4 Å². The highest BCUT2D eigenvalue weighted by molar-refractivity contribution is 7.91. The third kappa shape index (κ3) is 5.19. The van der Waals surface area contributed by atoms with Crippen LogP contribution in [0, 0.1) is 5.92 Å². The van der Waals surface area contributed by atoms with Crippen LogP contribution in [0.2, 0.25) is 0 Å². The number of benzene rings is 2. The Morgan fingerprint density at radius 3 is 2.58 bits per heavy atom. The van der Waals surface area contributed by atoms with E-state index in [1.807, 2.05) is 0 Å². The maximum absolute atomic E-state index is 13.9. The summed E-state index contributed by atoms with van der Waals surface area (Å²) < 4.78 is 59.0. The molecule has 0 saturated carbocycles. The van der Waals surface area contributed by atoms with Crippen LogP contribution < -0.4 is 20.5 Å². The summed E-state index contributed by atoms with van der Waals surface area (Å²) in [6.45, 7) is 5.99. The van der Waals surface area contributed by atoms with Gasteiger partial charge in [-0.25, -0.2) is 0 Å². The van der Waals surface area contributed by atoms with E-state index in [1.165, 1.54) is 12.1 Å². The van der Waals surface area contributed by atoms with E-state index in [0.717, 1.165) is 12.5 Å². The first kappa shape index (κ1) is 27.8. The lowest BCUT2D eigenvalue weighted by molar-refractivity contribution is -0.120. The van der Waals surface area contributed by atoms with Crippen molar-refractivity contribution in [2.45, 2.75) is 43.9 Å². The summed E-state index contributed by atoms with van der Waals surface area (Å²) in [6, 6.07) is 10.9. The van der Waals surface area contributed by atoms with E-state index in [9.17, 15) is 26.7 Å². The molecule has 1 unspecified atom stereocenters. The van der Waals surface area contributed by atoms with Crippen molar-refractivity contribution in [1.82, 2.24) is 4.72 Å². The van der Waals surface area contributed by atoms with Crippen LogP contribution in [0.4, 0.5) is 11.4 Å². The number of aliphatic hydroxyl groups is 1. The molecule has 2 aromatic rings. The van der Waals surface area contributed by atoms with Gasteiger partial charge in [0.25, 0.3) is 20.2 Å². The standard InChI is InChI=1S/C25H31N5O6S2/c1-15(2)10-11-25(3)18-7-5-4-6-17(18)22(31)21(23(25)32)24-28-19-9-8-16(14-20(19)37(33,34)30-24)29-38(35,36)27-13-12-26/h4-9,14-15,27,29,31H,10-13,26H2,1-3H3,(H,28,30). The second-order valence-corrected chi connectivity index (χ2v) is 13.0. The summed E-state index contributed by atoms with van der Waals surface area (Å²) in [4.78, 5) is 13.6. The SMILES string of the molecule is CC(C)CCC1(C)C(=O)C(C2=NS(=O)(=O)c3cc(NS(=O)(=O)NCCN)ccc3N2)=C(O)c2ccccc21. The second kappa shape index (κ2) is 10.1. The third-order valence-corrected chi connectivity index (χ3v) is 9.02. The maximum Gasteiger partial charge on any atom is 0.299 e. The number of Topliss-reactive ketones (excluding diaryl/α,β-unsaturated/α-hetero) is 1. The van der Waals surface area contributed by atoms with Crippen LogP contribution in [0.25, 0.3) is 5.76 Å². The number of carbonyl (C=O) groups excluding carboxylic acids is 1. The summed E-state index contributed by atoms with van der Waals surface area (Å²) in [5, 5.41) is 14.0. The zero-order valence-electron chi connectivity index (χ0n) is 21.3. The molecule has 2 aliphatic rings. The minimum Gasteiger partial charge on any atom is -0.506 e. The van der Waals surface area contributed by atoms with E-state index in [0.29, 0.717) is 23.5 Å². The van der Waals surface area contributed by atoms with Crippen LogP contribution in [-0.4, -0.2) is 46.7 Å². The molecule has 1 heterocycles. The summed E-state index contributed by atoms with van der Waals surface area (Å²) in [6.07, 6.45) is 1.24. The van der Waals surface area contributed by atoms with E-state index in [2.05, 4.69) is 33.0 Å². The molecule has 1 atom stereocenters. The van der Waals surface area contributed by atoms with Gasteiger partial charge in [-0.15, -0.1) is 4.40 Å². The first-order valence-corrected chi connectivity index (χ1v) is 15.0. The van der Waals surface area contributed by atoms with Crippen LogP contribution in [0.1, 0.15) is 44.7 Å². The Bertz CT molecular complexity index is 1560. The molecule has 1 aliphatic carbocycles. The minimum atomic E-state index is -4.37. The Labute approximate surface area is 222 Å². The number of sulfonamides is 1. The number of ketones is 1. The first-order valence-electron chi connectivity index (χ1n) is 12.1. The molecule has 1 aliphatic heterocycles. The topological polar surface area (TPSA) is 180 Å². The highest BCUT2D eigenvalue weighted by Gasteiger charge is 2.46. The fraction of sp³-hybridized carbons (Fsp3) is 0.360. The number of nitrogens with two attached hydrogens (primary N) is 1. The van der Waals surface area contributed by atoms with Crippen molar-refractivity contribution in [3.63, 3.8) is 0 Å². The molecule has 0 spiro atoms. The fourth-order valence-corrected chi connectivity index (χ4v) is 6.62. The van der Waals surface area contributed by atoms with Gasteiger partial charge in [0.15, 0.2) is 11.6 Å². The van der Waals surface area contributed by atoms with Crippen LogP contribution in [-0.2, 0) is 30.4 Å². The van der Waals surface area contributed by atoms with Gasteiger partial charge < -0.3 is 16.2 Å². The van der Waals surface area contributed by atoms with E-state index in [-0.39, 0.29) is 46.5 Å². The van der Waals surface area contributed by atoms with Crippen LogP contribution >= 0.6 is 0 Å². The predicted molar refractivity (Wildman–Crippen MR) is 147 cm³/mol. The smallest absolute Gasteiger partial charge is 0.299 e. The van der Waals surface area contributed by atoms with E-state index in [4.69, 9.17) is 5.73 Å². The maximum atomic E-state index is 13.9. The van der Waals surface area contributed by atoms with Crippen molar-refractivity contribution in [3.05, 3.63) is 59.2 Å². The number of amidine groups is 1. The number of carbonyl (C=O) groups is 1. The van der Waals surface area contributed by atoms with Gasteiger partial charge in [-0.3, -0.25) is 9.52 Å². The van der Waals surface area contributed by atoms with Crippen molar-refractivity contribution in [2.24, 2.45) is 16.0 Å². The van der Waals surface area contributed by atoms with Gasteiger partial charge in [-0.2, -0.15) is 21.6 Å². The van der Waals surface area contributed by atoms with E-state index in [1.54, 1.807) is 31.2 Å². The predicted octanol–water partition coefficient (Wildman–Crippen LogP) is 2.65. The summed E-state index contributed by atoms with van der Waals surface area (Å²) in [5.41, 5.74) is 5.30. The van der Waals surface area contributed by atoms with Crippen molar-refractivity contribution in [3.8, 4) is 0 Å². The lowest BCUT2D eigenvalue weighted by atomic mass is 9.66. The van der Waals surface area contributed by atoms with Crippen LogP contribution in [0.5, 0.6) is 0 Å². The molecule has 6 N–H and O–H groups in total. The van der Waals surface area contributed by atoms with Crippen molar-refractivity contribution in [1.29, 1.82) is 0 Å². The number of nitrogens with one attached hydrogen (secondary N) is 3. The molecule has 204 valence electrons. The summed E-state index contributed by atoms with van der Waals surface area (Å²) in [7, 11) is -8.34. The number of nitrogens with zero attached hydrogens (tertiary/aromatic N) is 1. The molecular weight excluding hydrogens is 530 g/mol. The van der Waals surface area contributed by atoms with Crippen molar-refractivity contribution in [2.75, 3.05) is 23.1 Å². The van der Waals surface area contributed by atoms with Gasteiger partial charge in [0.1, 0.15) is 16.2 Å². The number of hydrogen-bond donors (Lipinski definition) is 5. The number of rotatable bonds is 9. The number of fused-ring (bicyclic) bond motifs is 2. The van der Waals surface area contributed by atoms with Crippen LogP contribution in [0.3, 0.4) is 0 Å². The Morgan fingerprint density at radius 2 is 1.89 bits per heavy atom. The first-order chi connectivity index (χ1) is 17.8. The lowest BCUT2D eigenvalue weighted by Crippen LogP contribution is -2.42. The van der Waals surface area contributed by atoms with E-state index < -0.39 is 31.4 Å². The largest absolute Gasteiger partial charge is 0.506 e. The molecule has 0 fully saturated rings. The molecular formula is C25H31N5O6S2. The number of aliphatic hydroxyl groups excluding tert-OH is 1. The van der Waals surface area contributed by atoms with E-state index >= 15 is 0 Å². The Morgan fingerprint density at radius 1 is 1.18 bits per heavy atom. The van der Waals surface area contributed by atoms with Crippen molar-refractivity contribution < 1.29 is 26.7 Å². The molecule has 4 rings (SSSR count). The molecule has 2 aromatic carbocycles. The van der Waals surface area contributed by atoms with Gasteiger partial charge in [0.2, 0.25) is 0 Å². The monoisotopic (exact) mass is 561 g/mol. The molecule has 38 heavy (non-hydrogen) atoms. The van der Waals surface area contributed by atoms with Gasteiger partial charge in [0.05, 0.1) is 16.8 Å². The normalized spacial score (nSPS) is 20.4. The summed E-state index contributed by atoms with van der Waals surface area (Å²) >= 11 is 0. The van der Waals surface area contributed by atoms with Gasteiger partial charge in [-0.1, -0.05) is 38.1 Å². The molecule has 0 amide bonds. The van der Waals surface area contributed by atoms with Gasteiger partial charge >= 0.3 is 0 Å². The quantitative estimate of drug-likeness (QED) is 0.310.